The van der Waals surface area contributed by atoms with Gasteiger partial charge < -0.3 is 5.73 Å². The van der Waals surface area contributed by atoms with Crippen LogP contribution in [0.3, 0.4) is 0 Å². The molecule has 0 aromatic rings. The number of amidine groups is 1. The Kier molecular flexibility index (Phi) is 4.23. The van der Waals surface area contributed by atoms with Gasteiger partial charge in [-0.05, 0) is 13.8 Å². The number of nitrogens with two attached hydrogens (primary N) is 1. The molecule has 0 saturated carbocycles. The molecule has 0 aliphatic carbocycles. The van der Waals surface area contributed by atoms with Gasteiger partial charge in [0.15, 0.2) is 0 Å². The van der Waals surface area contributed by atoms with Crippen molar-refractivity contribution < 1.29 is 13.2 Å². The van der Waals surface area contributed by atoms with E-state index in [1.54, 1.807) is 0 Å². The number of allylic oxidation sites excluding steroid dienone is 3. The first-order valence-electron chi connectivity index (χ1n) is 3.58. The molecule has 0 saturated heterocycles. The highest BCUT2D eigenvalue weighted by atomic mass is 19.4. The molecule has 0 amide bonds. The Morgan fingerprint density at radius 3 is 2.23 bits per heavy atom. The van der Waals surface area contributed by atoms with Gasteiger partial charge in [0, 0.05) is 6.20 Å². The maximum Gasteiger partial charge on any atom is 0.417 e. The van der Waals surface area contributed by atoms with Gasteiger partial charge in [0.25, 0.3) is 0 Å². The maximum atomic E-state index is 12.1. The highest BCUT2D eigenvalue weighted by Gasteiger charge is 2.31. The van der Waals surface area contributed by atoms with E-state index >= 15 is 0 Å². The predicted octanol–water partition coefficient (Wildman–Crippen LogP) is 2.39. The van der Waals surface area contributed by atoms with E-state index in [2.05, 4.69) is 4.99 Å². The van der Waals surface area contributed by atoms with Crippen molar-refractivity contribution in [1.29, 1.82) is 0 Å². The number of hydrogen-bond acceptors (Lipinski definition) is 1. The topological polar surface area (TPSA) is 38.4 Å². The average molecular weight is 192 g/mol. The summed E-state index contributed by atoms with van der Waals surface area (Å²) in [7, 11) is 0. The number of alkyl halides is 3. The van der Waals surface area contributed by atoms with Crippen molar-refractivity contribution in [3.63, 3.8) is 0 Å². The molecule has 0 spiro atoms. The fourth-order valence-corrected chi connectivity index (χ4v) is 0.562. The minimum Gasteiger partial charge on any atom is -0.387 e. The molecule has 5 heteroatoms. The molecule has 0 aromatic carbocycles. The molecule has 13 heavy (non-hydrogen) atoms. The van der Waals surface area contributed by atoms with E-state index < -0.39 is 11.7 Å². The molecule has 0 rings (SSSR count). The van der Waals surface area contributed by atoms with Crippen LogP contribution in [-0.4, -0.2) is 12.0 Å². The highest BCUT2D eigenvalue weighted by molar-refractivity contribution is 5.78. The molecule has 0 atom stereocenters. The summed E-state index contributed by atoms with van der Waals surface area (Å²) in [4.78, 5) is 3.37. The Bertz CT molecular complexity index is 245. The van der Waals surface area contributed by atoms with Crippen LogP contribution in [0.2, 0.25) is 0 Å². The van der Waals surface area contributed by atoms with Crippen LogP contribution in [-0.2, 0) is 0 Å². The summed E-state index contributed by atoms with van der Waals surface area (Å²) in [5.74, 6) is 0.0891. The van der Waals surface area contributed by atoms with Gasteiger partial charge in [0.1, 0.15) is 0 Å². The van der Waals surface area contributed by atoms with Crippen molar-refractivity contribution in [2.45, 2.75) is 20.0 Å². The van der Waals surface area contributed by atoms with E-state index in [1.807, 2.05) is 0 Å². The second kappa shape index (κ2) is 4.69. The summed E-state index contributed by atoms with van der Waals surface area (Å²) in [5, 5.41) is 0. The lowest BCUT2D eigenvalue weighted by atomic mass is 10.2. The van der Waals surface area contributed by atoms with Crippen molar-refractivity contribution in [2.75, 3.05) is 0 Å². The molecule has 2 N–H and O–H groups in total. The molecule has 0 radical (unpaired) electrons. The predicted molar refractivity (Wildman–Crippen MR) is 46.2 cm³/mol. The van der Waals surface area contributed by atoms with Gasteiger partial charge in [-0.2, -0.15) is 13.2 Å². The lowest BCUT2D eigenvalue weighted by Crippen LogP contribution is -2.10. The Morgan fingerprint density at radius 1 is 1.38 bits per heavy atom. The van der Waals surface area contributed by atoms with Gasteiger partial charge in [0.05, 0.1) is 11.4 Å². The van der Waals surface area contributed by atoms with Crippen molar-refractivity contribution in [1.82, 2.24) is 0 Å². The van der Waals surface area contributed by atoms with Crippen LogP contribution in [0.25, 0.3) is 0 Å². The molecule has 0 aliphatic heterocycles. The first-order valence-corrected chi connectivity index (χ1v) is 3.58. The third-order valence-corrected chi connectivity index (χ3v) is 1.08. The zero-order chi connectivity index (χ0) is 10.5. The summed E-state index contributed by atoms with van der Waals surface area (Å²) >= 11 is 0. The number of hydrogen-bond donors (Lipinski definition) is 1. The lowest BCUT2D eigenvalue weighted by molar-refractivity contribution is -0.0883. The first-order chi connectivity index (χ1) is 5.88. The highest BCUT2D eigenvalue weighted by Crippen LogP contribution is 2.26. The number of nitrogens with zero attached hydrogens (tertiary/aromatic N) is 1. The fraction of sp³-hybridized carbons (Fsp3) is 0.375. The summed E-state index contributed by atoms with van der Waals surface area (Å²) in [5.41, 5.74) is 4.27. The van der Waals surface area contributed by atoms with Crippen molar-refractivity contribution in [3.8, 4) is 0 Å². The van der Waals surface area contributed by atoms with E-state index in [9.17, 15) is 13.2 Å². The van der Waals surface area contributed by atoms with Crippen LogP contribution in [0.15, 0.2) is 28.9 Å². The van der Waals surface area contributed by atoms with Crippen molar-refractivity contribution in [2.24, 2.45) is 10.7 Å². The van der Waals surface area contributed by atoms with E-state index in [0.717, 1.165) is 6.08 Å². The van der Waals surface area contributed by atoms with Crippen LogP contribution in [0, 0.1) is 0 Å². The number of rotatable bonds is 2. The van der Waals surface area contributed by atoms with Crippen LogP contribution >= 0.6 is 0 Å². The molecular formula is C8H11F3N2. The Hall–Kier alpha value is -1.26. The van der Waals surface area contributed by atoms with E-state index in [4.69, 9.17) is 5.73 Å². The molecule has 2 nitrogen and oxygen atoms in total. The van der Waals surface area contributed by atoms with Gasteiger partial charge in [0.2, 0.25) is 0 Å². The van der Waals surface area contributed by atoms with Gasteiger partial charge in [-0.3, -0.25) is 0 Å². The molecule has 0 aromatic heterocycles. The van der Waals surface area contributed by atoms with Crippen LogP contribution in [0.4, 0.5) is 13.2 Å². The Labute approximate surface area is 74.6 Å². The third kappa shape index (κ3) is 5.05. The SMILES string of the molecule is C/C=C\C(=C/N=C(C)N)C(F)(F)F. The summed E-state index contributed by atoms with van der Waals surface area (Å²) in [6.07, 6.45) is -1.45. The zero-order valence-electron chi connectivity index (χ0n) is 7.39. The fourth-order valence-electron chi connectivity index (χ4n) is 0.562. The zero-order valence-corrected chi connectivity index (χ0v) is 7.39. The van der Waals surface area contributed by atoms with Gasteiger partial charge >= 0.3 is 6.18 Å². The quantitative estimate of drug-likeness (QED) is 0.407. The van der Waals surface area contributed by atoms with E-state index in [-0.39, 0.29) is 5.84 Å². The Balaban J connectivity index is 4.82. The standard InChI is InChI=1S/C8H11F3N2/c1-3-4-7(8(9,10)11)5-13-6(2)12/h3-5H,1-2H3,(H2,12,13)/b4-3-,7-5+. The summed E-state index contributed by atoms with van der Waals surface area (Å²) in [6.45, 7) is 2.92. The third-order valence-electron chi connectivity index (χ3n) is 1.08. The second-order valence-corrected chi connectivity index (χ2v) is 2.35. The van der Waals surface area contributed by atoms with Crippen LogP contribution in [0.5, 0.6) is 0 Å². The molecule has 74 valence electrons. The smallest absolute Gasteiger partial charge is 0.387 e. The van der Waals surface area contributed by atoms with Gasteiger partial charge in [-0.15, -0.1) is 0 Å². The van der Waals surface area contributed by atoms with E-state index in [1.165, 1.54) is 19.9 Å². The lowest BCUT2D eigenvalue weighted by Gasteiger charge is -2.05. The summed E-state index contributed by atoms with van der Waals surface area (Å²) in [6, 6.07) is 0. The number of aliphatic imine (C=N–C) groups is 1. The minimum absolute atomic E-state index is 0.0891. The molecule has 0 heterocycles. The summed E-state index contributed by atoms with van der Waals surface area (Å²) < 4.78 is 36.4. The maximum absolute atomic E-state index is 12.1. The minimum atomic E-state index is -4.38. The molecule has 0 aliphatic rings. The number of halogens is 3. The Morgan fingerprint density at radius 2 is 1.92 bits per heavy atom. The van der Waals surface area contributed by atoms with Gasteiger partial charge in [-0.25, -0.2) is 4.99 Å². The van der Waals surface area contributed by atoms with E-state index in [0.29, 0.717) is 6.20 Å². The molecular weight excluding hydrogens is 181 g/mol. The van der Waals surface area contributed by atoms with Crippen LogP contribution in [0.1, 0.15) is 13.8 Å². The molecule has 0 unspecified atom stereocenters. The largest absolute Gasteiger partial charge is 0.417 e. The van der Waals surface area contributed by atoms with Gasteiger partial charge in [-0.1, -0.05) is 12.2 Å². The monoisotopic (exact) mass is 192 g/mol. The van der Waals surface area contributed by atoms with Crippen molar-refractivity contribution >= 4 is 5.84 Å². The van der Waals surface area contributed by atoms with Crippen LogP contribution < -0.4 is 5.73 Å². The normalized spacial score (nSPS) is 15.5. The molecule has 0 fully saturated rings. The molecule has 0 bridgehead atoms. The average Bonchev–Trinajstić information content (AvgIpc) is 1.95. The first kappa shape index (κ1) is 11.7. The van der Waals surface area contributed by atoms with Crippen molar-refractivity contribution in [3.05, 3.63) is 23.9 Å². The second-order valence-electron chi connectivity index (χ2n) is 2.35.